The number of benzene rings is 1. The van der Waals surface area contributed by atoms with Crippen LogP contribution in [0.15, 0.2) is 72.3 Å². The minimum Gasteiger partial charge on any atom is -0.356 e. The third-order valence-corrected chi connectivity index (χ3v) is 5.75. The molecule has 0 unspecified atom stereocenters. The lowest BCUT2D eigenvalue weighted by molar-refractivity contribution is 0.350. The summed E-state index contributed by atoms with van der Waals surface area (Å²) < 4.78 is 1.73. The van der Waals surface area contributed by atoms with Gasteiger partial charge in [0.15, 0.2) is 0 Å². The predicted octanol–water partition coefficient (Wildman–Crippen LogP) is 3.17. The van der Waals surface area contributed by atoms with Gasteiger partial charge in [0.25, 0.3) is 5.56 Å². The molecule has 4 aromatic rings. The minimum atomic E-state index is -0.0129. The molecule has 1 aliphatic rings. The molecule has 1 saturated heterocycles. The Morgan fingerprint density at radius 3 is 2.57 bits per heavy atom. The first-order valence-electron chi connectivity index (χ1n) is 10.2. The summed E-state index contributed by atoms with van der Waals surface area (Å²) in [4.78, 5) is 32.3. The molecule has 5 rings (SSSR count). The van der Waals surface area contributed by atoms with E-state index in [4.69, 9.17) is 0 Å². The normalized spacial score (nSPS) is 14.9. The molecular weight excluding hydrogens is 376 g/mol. The summed E-state index contributed by atoms with van der Waals surface area (Å²) in [7, 11) is 0. The highest BCUT2D eigenvalue weighted by molar-refractivity contribution is 5.89. The lowest BCUT2D eigenvalue weighted by Crippen LogP contribution is -2.37. The van der Waals surface area contributed by atoms with E-state index in [1.807, 2.05) is 30.3 Å². The number of para-hydroxylation sites is 1. The zero-order chi connectivity index (χ0) is 20.3. The van der Waals surface area contributed by atoms with Gasteiger partial charge >= 0.3 is 0 Å². The topological polar surface area (TPSA) is 76.8 Å². The number of pyridine rings is 1. The maximum absolute atomic E-state index is 12.6. The highest BCUT2D eigenvalue weighted by atomic mass is 16.1. The average molecular weight is 398 g/mol. The highest BCUT2D eigenvalue weighted by Gasteiger charge is 2.22. The Hall–Kier alpha value is -3.61. The number of rotatable bonds is 4. The van der Waals surface area contributed by atoms with Crippen LogP contribution < -0.4 is 10.5 Å². The summed E-state index contributed by atoms with van der Waals surface area (Å²) in [6.07, 6.45) is 8.74. The molecule has 7 heteroatoms. The molecule has 0 amide bonds. The number of piperidine rings is 1. The molecule has 1 fully saturated rings. The number of hydrogen-bond donors (Lipinski definition) is 0. The van der Waals surface area contributed by atoms with Gasteiger partial charge in [-0.2, -0.15) is 0 Å². The van der Waals surface area contributed by atoms with Gasteiger partial charge in [0.2, 0.25) is 0 Å². The van der Waals surface area contributed by atoms with E-state index in [0.717, 1.165) is 48.2 Å². The van der Waals surface area contributed by atoms with E-state index in [2.05, 4.69) is 30.9 Å². The molecule has 0 saturated carbocycles. The number of fused-ring (bicyclic) bond motifs is 1. The van der Waals surface area contributed by atoms with Crippen LogP contribution in [0.2, 0.25) is 0 Å². The van der Waals surface area contributed by atoms with Crippen LogP contribution in [-0.4, -0.2) is 37.6 Å². The Morgan fingerprint density at radius 1 is 0.967 bits per heavy atom. The molecule has 7 nitrogen and oxygen atoms in total. The quantitative estimate of drug-likeness (QED) is 0.526. The van der Waals surface area contributed by atoms with Gasteiger partial charge < -0.3 is 4.90 Å². The van der Waals surface area contributed by atoms with Gasteiger partial charge in [-0.15, -0.1) is 0 Å². The van der Waals surface area contributed by atoms with Crippen molar-refractivity contribution < 1.29 is 0 Å². The second-order valence-electron chi connectivity index (χ2n) is 7.65. The molecular formula is C23H22N6O. The first kappa shape index (κ1) is 18.4. The standard InChI is InChI=1S/C23H22N6O/c30-22-13-21(18-5-9-24-10-6-18)27-16-29(22)14-17-7-11-28(12-8-17)23-19-3-1-2-4-20(19)25-15-26-23/h1-6,9-10,13,15-17H,7-8,11-12,14H2. The number of hydrogen-bond acceptors (Lipinski definition) is 6. The van der Waals surface area contributed by atoms with Crippen molar-refractivity contribution in [1.82, 2.24) is 24.5 Å². The Bertz CT molecular complexity index is 1210. The van der Waals surface area contributed by atoms with Gasteiger partial charge in [-0.3, -0.25) is 14.3 Å². The minimum absolute atomic E-state index is 0.0129. The summed E-state index contributed by atoms with van der Waals surface area (Å²) in [5.41, 5.74) is 2.54. The van der Waals surface area contributed by atoms with E-state index in [0.29, 0.717) is 18.2 Å². The third-order valence-electron chi connectivity index (χ3n) is 5.75. The summed E-state index contributed by atoms with van der Waals surface area (Å²) in [6, 6.07) is 13.4. The smallest absolute Gasteiger partial charge is 0.253 e. The monoisotopic (exact) mass is 398 g/mol. The van der Waals surface area contributed by atoms with Crippen molar-refractivity contribution in [3.05, 3.63) is 77.9 Å². The van der Waals surface area contributed by atoms with Gasteiger partial charge in [0, 0.05) is 49.0 Å². The Balaban J connectivity index is 1.27. The summed E-state index contributed by atoms with van der Waals surface area (Å²) in [5.74, 6) is 1.44. The first-order chi connectivity index (χ1) is 14.8. The van der Waals surface area contributed by atoms with Crippen LogP contribution in [0.25, 0.3) is 22.2 Å². The maximum atomic E-state index is 12.6. The fourth-order valence-electron chi connectivity index (χ4n) is 4.09. The van der Waals surface area contributed by atoms with E-state index < -0.39 is 0 Å². The van der Waals surface area contributed by atoms with E-state index in [1.165, 1.54) is 0 Å². The second kappa shape index (κ2) is 8.02. The van der Waals surface area contributed by atoms with Crippen LogP contribution in [0.1, 0.15) is 12.8 Å². The van der Waals surface area contributed by atoms with Crippen LogP contribution in [0.3, 0.4) is 0 Å². The van der Waals surface area contributed by atoms with Gasteiger partial charge in [-0.25, -0.2) is 15.0 Å². The van der Waals surface area contributed by atoms with Crippen molar-refractivity contribution in [2.45, 2.75) is 19.4 Å². The van der Waals surface area contributed by atoms with Crippen molar-refractivity contribution >= 4 is 16.7 Å². The highest BCUT2D eigenvalue weighted by Crippen LogP contribution is 2.27. The SMILES string of the molecule is O=c1cc(-c2ccncc2)ncn1CC1CCN(c2ncnc3ccccc23)CC1. The van der Waals surface area contributed by atoms with Crippen molar-refractivity contribution in [2.24, 2.45) is 5.92 Å². The lowest BCUT2D eigenvalue weighted by atomic mass is 9.96. The molecule has 0 N–H and O–H groups in total. The van der Waals surface area contributed by atoms with E-state index >= 15 is 0 Å². The average Bonchev–Trinajstić information content (AvgIpc) is 2.81. The van der Waals surface area contributed by atoms with Crippen molar-refractivity contribution in [2.75, 3.05) is 18.0 Å². The fourth-order valence-corrected chi connectivity index (χ4v) is 4.09. The Morgan fingerprint density at radius 2 is 1.77 bits per heavy atom. The molecule has 1 aromatic carbocycles. The first-order valence-corrected chi connectivity index (χ1v) is 10.2. The van der Waals surface area contributed by atoms with Crippen LogP contribution >= 0.6 is 0 Å². The molecule has 3 aromatic heterocycles. The van der Waals surface area contributed by atoms with Gasteiger partial charge in [0.05, 0.1) is 17.5 Å². The fraction of sp³-hybridized carbons (Fsp3) is 0.261. The largest absolute Gasteiger partial charge is 0.356 e. The Kier molecular flexibility index (Phi) is 4.93. The molecule has 150 valence electrons. The summed E-state index contributed by atoms with van der Waals surface area (Å²) in [5, 5.41) is 1.09. The lowest BCUT2D eigenvalue weighted by Gasteiger charge is -2.33. The van der Waals surface area contributed by atoms with Crippen LogP contribution in [0.5, 0.6) is 0 Å². The predicted molar refractivity (Wildman–Crippen MR) is 116 cm³/mol. The maximum Gasteiger partial charge on any atom is 0.253 e. The Labute approximate surface area is 174 Å². The van der Waals surface area contributed by atoms with E-state index in [-0.39, 0.29) is 5.56 Å². The van der Waals surface area contributed by atoms with E-state index in [1.54, 1.807) is 35.7 Å². The summed E-state index contributed by atoms with van der Waals surface area (Å²) in [6.45, 7) is 2.53. The van der Waals surface area contributed by atoms with Crippen LogP contribution in [0, 0.1) is 5.92 Å². The second-order valence-corrected chi connectivity index (χ2v) is 7.65. The molecule has 30 heavy (non-hydrogen) atoms. The number of anilines is 1. The molecule has 0 atom stereocenters. The molecule has 4 heterocycles. The van der Waals surface area contributed by atoms with Crippen LogP contribution in [0.4, 0.5) is 5.82 Å². The van der Waals surface area contributed by atoms with Crippen molar-refractivity contribution in [3.63, 3.8) is 0 Å². The van der Waals surface area contributed by atoms with E-state index in [9.17, 15) is 4.79 Å². The molecule has 0 bridgehead atoms. The third kappa shape index (κ3) is 3.66. The van der Waals surface area contributed by atoms with Crippen molar-refractivity contribution in [1.29, 1.82) is 0 Å². The number of aromatic nitrogens is 5. The zero-order valence-corrected chi connectivity index (χ0v) is 16.6. The molecule has 0 aliphatic carbocycles. The van der Waals surface area contributed by atoms with Gasteiger partial charge in [0.1, 0.15) is 12.1 Å². The van der Waals surface area contributed by atoms with Crippen LogP contribution in [-0.2, 0) is 6.54 Å². The van der Waals surface area contributed by atoms with Crippen molar-refractivity contribution in [3.8, 4) is 11.3 Å². The number of nitrogens with zero attached hydrogens (tertiary/aromatic N) is 6. The molecule has 0 spiro atoms. The van der Waals surface area contributed by atoms with Gasteiger partial charge in [-0.05, 0) is 43.0 Å². The molecule has 0 radical (unpaired) electrons. The van der Waals surface area contributed by atoms with Gasteiger partial charge in [-0.1, -0.05) is 12.1 Å². The summed E-state index contributed by atoms with van der Waals surface area (Å²) >= 11 is 0. The molecule has 1 aliphatic heterocycles. The zero-order valence-electron chi connectivity index (χ0n) is 16.6.